The molecular weight excluding hydrogens is 550 g/mol. The molecule has 2 rings (SSSR count). The van der Waals surface area contributed by atoms with E-state index in [2.05, 4.69) is 26.6 Å². The molecule has 0 spiro atoms. The number of aliphatic carboxylic acids is 1. The minimum absolute atomic E-state index is 0.0624. The van der Waals surface area contributed by atoms with Gasteiger partial charge in [-0.3, -0.25) is 28.8 Å². The number of benzene rings is 2. The maximum Gasteiger partial charge on any atom is 0.329 e. The van der Waals surface area contributed by atoms with Crippen LogP contribution in [-0.4, -0.2) is 71.8 Å². The highest BCUT2D eigenvalue weighted by Crippen LogP contribution is 2.14. The molecular formula is C28H32N5O9. The van der Waals surface area contributed by atoms with Crippen LogP contribution in [0, 0.1) is 6.54 Å². The fraction of sp³-hybridized carbons (Fsp3) is 0.286. The van der Waals surface area contributed by atoms with Crippen molar-refractivity contribution in [2.24, 2.45) is 0 Å². The molecule has 0 saturated heterocycles. The van der Waals surface area contributed by atoms with Crippen LogP contribution in [0.25, 0.3) is 0 Å². The SMILES string of the molecule is CC(=O)N[C@@H](Cc1ccc(OC(C)=O)cc1)C(=O)NCC(=O)NCC(=O)N[C@@H](Cc1ccccc1)C(=O)N[CH]C(=O)O. The smallest absolute Gasteiger partial charge is 0.329 e. The number of carbonyl (C=O) groups excluding carboxylic acids is 6. The lowest BCUT2D eigenvalue weighted by Gasteiger charge is -2.19. The second kappa shape index (κ2) is 16.7. The van der Waals surface area contributed by atoms with Gasteiger partial charge in [-0.25, -0.2) is 4.79 Å². The van der Waals surface area contributed by atoms with Gasteiger partial charge in [0.05, 0.1) is 13.1 Å². The third kappa shape index (κ3) is 12.7. The third-order valence-electron chi connectivity index (χ3n) is 5.46. The zero-order chi connectivity index (χ0) is 31.1. The minimum atomic E-state index is -1.37. The number of carbonyl (C=O) groups is 7. The van der Waals surface area contributed by atoms with Crippen LogP contribution in [0.3, 0.4) is 0 Å². The van der Waals surface area contributed by atoms with Gasteiger partial charge < -0.3 is 36.4 Å². The van der Waals surface area contributed by atoms with Crippen molar-refractivity contribution in [2.75, 3.05) is 13.1 Å². The van der Waals surface area contributed by atoms with Crippen molar-refractivity contribution in [3.8, 4) is 5.75 Å². The highest BCUT2D eigenvalue weighted by molar-refractivity contribution is 5.94. The summed E-state index contributed by atoms with van der Waals surface area (Å²) in [6, 6.07) is 12.9. The van der Waals surface area contributed by atoms with Gasteiger partial charge >= 0.3 is 11.9 Å². The molecule has 2 aromatic rings. The van der Waals surface area contributed by atoms with Gasteiger partial charge in [0.15, 0.2) is 6.54 Å². The molecule has 6 N–H and O–H groups in total. The van der Waals surface area contributed by atoms with Crippen LogP contribution in [0.4, 0.5) is 0 Å². The van der Waals surface area contributed by atoms with E-state index in [-0.39, 0.29) is 12.8 Å². The van der Waals surface area contributed by atoms with E-state index < -0.39 is 66.6 Å². The van der Waals surface area contributed by atoms with Gasteiger partial charge in [0.25, 0.3) is 0 Å². The van der Waals surface area contributed by atoms with Crippen LogP contribution in [0.15, 0.2) is 54.6 Å². The van der Waals surface area contributed by atoms with Gasteiger partial charge in [-0.1, -0.05) is 42.5 Å². The maximum absolute atomic E-state index is 12.7. The summed E-state index contributed by atoms with van der Waals surface area (Å²) in [6.45, 7) is 2.01. The van der Waals surface area contributed by atoms with Crippen molar-refractivity contribution in [2.45, 2.75) is 38.8 Å². The Morgan fingerprint density at radius 2 is 1.31 bits per heavy atom. The molecule has 0 heterocycles. The van der Waals surface area contributed by atoms with Crippen molar-refractivity contribution < 1.29 is 43.4 Å². The molecule has 0 bridgehead atoms. The van der Waals surface area contributed by atoms with Gasteiger partial charge in [0.2, 0.25) is 29.5 Å². The molecule has 0 aliphatic carbocycles. The molecule has 42 heavy (non-hydrogen) atoms. The molecule has 0 aromatic heterocycles. The molecule has 0 unspecified atom stereocenters. The van der Waals surface area contributed by atoms with Gasteiger partial charge in [-0.05, 0) is 23.3 Å². The Hall–Kier alpha value is -5.27. The van der Waals surface area contributed by atoms with Crippen molar-refractivity contribution in [3.63, 3.8) is 0 Å². The molecule has 2 aromatic carbocycles. The van der Waals surface area contributed by atoms with E-state index >= 15 is 0 Å². The van der Waals surface area contributed by atoms with Crippen LogP contribution in [-0.2, 0) is 46.4 Å². The summed E-state index contributed by atoms with van der Waals surface area (Å²) in [5.41, 5.74) is 1.35. The zero-order valence-corrected chi connectivity index (χ0v) is 23.0. The average Bonchev–Trinajstić information content (AvgIpc) is 2.93. The van der Waals surface area contributed by atoms with E-state index in [0.29, 0.717) is 23.4 Å². The van der Waals surface area contributed by atoms with Gasteiger partial charge in [0, 0.05) is 26.7 Å². The molecule has 14 nitrogen and oxygen atoms in total. The summed E-state index contributed by atoms with van der Waals surface area (Å²) in [5, 5.41) is 20.5. The Kier molecular flexibility index (Phi) is 13.1. The lowest BCUT2D eigenvalue weighted by molar-refractivity contribution is -0.135. The Morgan fingerprint density at radius 1 is 0.738 bits per heavy atom. The maximum atomic E-state index is 12.7. The molecule has 0 fully saturated rings. The Morgan fingerprint density at radius 3 is 1.88 bits per heavy atom. The molecule has 0 aliphatic rings. The quantitative estimate of drug-likeness (QED) is 0.112. The Bertz CT molecular complexity index is 1280. The number of nitrogens with one attached hydrogen (secondary N) is 5. The van der Waals surface area contributed by atoms with E-state index in [0.717, 1.165) is 0 Å². The molecule has 0 saturated carbocycles. The first-order chi connectivity index (χ1) is 19.9. The predicted molar refractivity (Wildman–Crippen MR) is 147 cm³/mol. The standard InChI is InChI=1S/C28H32N5O9/c1-17(34)32-22(13-20-8-10-21(11-9-20)42-18(2)35)27(40)30-14-24(36)29-15-25(37)33-23(28(41)31-16-26(38)39)12-19-6-4-3-5-7-19/h3-11,16,22-23H,12-15H2,1-2H3,(H,29,36)(H,30,40)(H,31,41)(H,32,34)(H,33,37)(H,38,39)/t22-,23-/m0/s1. The van der Waals surface area contributed by atoms with Crippen molar-refractivity contribution >= 4 is 41.5 Å². The number of rotatable bonds is 15. The Labute approximate surface area is 241 Å². The lowest BCUT2D eigenvalue weighted by Crippen LogP contribution is -2.52. The normalized spacial score (nSPS) is 11.7. The zero-order valence-electron chi connectivity index (χ0n) is 23.0. The summed E-state index contributed by atoms with van der Waals surface area (Å²) in [5.74, 6) is -4.87. The summed E-state index contributed by atoms with van der Waals surface area (Å²) >= 11 is 0. The van der Waals surface area contributed by atoms with Crippen molar-refractivity contribution in [3.05, 3.63) is 72.3 Å². The summed E-state index contributed by atoms with van der Waals surface area (Å²) in [7, 11) is 0. The molecule has 5 amide bonds. The van der Waals surface area contributed by atoms with Crippen LogP contribution in [0.1, 0.15) is 25.0 Å². The first-order valence-electron chi connectivity index (χ1n) is 12.7. The predicted octanol–water partition coefficient (Wildman–Crippen LogP) is -1.02. The summed E-state index contributed by atoms with van der Waals surface area (Å²) < 4.78 is 4.97. The average molecular weight is 583 g/mol. The van der Waals surface area contributed by atoms with Crippen LogP contribution in [0.2, 0.25) is 0 Å². The van der Waals surface area contributed by atoms with E-state index in [4.69, 9.17) is 9.84 Å². The molecule has 14 heteroatoms. The highest BCUT2D eigenvalue weighted by Gasteiger charge is 2.23. The molecule has 0 aliphatic heterocycles. The molecule has 223 valence electrons. The van der Waals surface area contributed by atoms with Crippen molar-refractivity contribution in [1.82, 2.24) is 26.6 Å². The molecule has 1 radical (unpaired) electrons. The molecule has 2 atom stereocenters. The monoisotopic (exact) mass is 582 g/mol. The third-order valence-corrected chi connectivity index (χ3v) is 5.46. The number of esters is 1. The number of hydrogen-bond acceptors (Lipinski definition) is 8. The van der Waals surface area contributed by atoms with Gasteiger partial charge in [0.1, 0.15) is 17.8 Å². The second-order valence-corrected chi connectivity index (χ2v) is 8.99. The topological polar surface area (TPSA) is 209 Å². The lowest BCUT2D eigenvalue weighted by atomic mass is 10.0. The first-order valence-corrected chi connectivity index (χ1v) is 12.7. The second-order valence-electron chi connectivity index (χ2n) is 8.99. The number of hydrogen-bond donors (Lipinski definition) is 6. The first kappa shape index (κ1) is 32.9. The summed E-state index contributed by atoms with van der Waals surface area (Å²) in [4.78, 5) is 83.3. The Balaban J connectivity index is 1.89. The fourth-order valence-electron chi connectivity index (χ4n) is 3.62. The van der Waals surface area contributed by atoms with E-state index in [1.54, 1.807) is 42.5 Å². The highest BCUT2D eigenvalue weighted by atomic mass is 16.5. The van der Waals surface area contributed by atoms with Gasteiger partial charge in [-0.2, -0.15) is 0 Å². The number of carboxylic acid groups (broad SMARTS) is 1. The number of amides is 5. The van der Waals surface area contributed by atoms with E-state index in [9.17, 15) is 33.6 Å². The van der Waals surface area contributed by atoms with Crippen LogP contribution >= 0.6 is 0 Å². The van der Waals surface area contributed by atoms with E-state index in [1.165, 1.54) is 26.0 Å². The summed E-state index contributed by atoms with van der Waals surface area (Å²) in [6.07, 6.45) is 0.146. The largest absolute Gasteiger partial charge is 0.480 e. The number of carboxylic acids is 1. The number of ether oxygens (including phenoxy) is 1. The van der Waals surface area contributed by atoms with E-state index in [1.807, 2.05) is 0 Å². The van der Waals surface area contributed by atoms with Gasteiger partial charge in [-0.15, -0.1) is 0 Å². The van der Waals surface area contributed by atoms with Crippen LogP contribution < -0.4 is 31.3 Å². The fourth-order valence-corrected chi connectivity index (χ4v) is 3.62. The van der Waals surface area contributed by atoms with Crippen molar-refractivity contribution in [1.29, 1.82) is 0 Å². The van der Waals surface area contributed by atoms with Crippen LogP contribution in [0.5, 0.6) is 5.75 Å². The minimum Gasteiger partial charge on any atom is -0.480 e.